The monoisotopic (exact) mass is 365 g/mol. The Morgan fingerprint density at radius 1 is 1.19 bits per heavy atom. The largest absolute Gasteiger partial charge is 0.488 e. The number of nitrogens with zero attached hydrogens (tertiary/aromatic N) is 1. The van der Waals surface area contributed by atoms with Crippen LogP contribution in [0.15, 0.2) is 53.1 Å². The quantitative estimate of drug-likeness (QED) is 0.755. The highest BCUT2D eigenvalue weighted by atomic mass is 16.5. The summed E-state index contributed by atoms with van der Waals surface area (Å²) in [5.74, 6) is 0.862. The van der Waals surface area contributed by atoms with Crippen molar-refractivity contribution in [2.24, 2.45) is 0 Å². The van der Waals surface area contributed by atoms with E-state index in [-0.39, 0.29) is 5.97 Å². The molecule has 1 fully saturated rings. The lowest BCUT2D eigenvalue weighted by Crippen LogP contribution is -2.36. The number of hydrogen-bond donors (Lipinski definition) is 0. The van der Waals surface area contributed by atoms with E-state index in [1.54, 1.807) is 0 Å². The van der Waals surface area contributed by atoms with Gasteiger partial charge in [0.05, 0.1) is 13.2 Å². The maximum absolute atomic E-state index is 11.8. The molecular formula is C23H27NO3. The molecule has 0 unspecified atom stereocenters. The van der Waals surface area contributed by atoms with Crippen molar-refractivity contribution in [3.63, 3.8) is 0 Å². The minimum Gasteiger partial charge on any atom is -0.488 e. The first-order valence-corrected chi connectivity index (χ1v) is 9.97. The zero-order chi connectivity index (χ0) is 18.6. The molecule has 0 spiro atoms. The first-order valence-electron chi connectivity index (χ1n) is 9.97. The number of fused-ring (bicyclic) bond motifs is 1. The lowest BCUT2D eigenvalue weighted by molar-refractivity contribution is -0.144. The average molecular weight is 365 g/mol. The Morgan fingerprint density at radius 3 is 2.81 bits per heavy atom. The highest BCUT2D eigenvalue weighted by molar-refractivity contribution is 5.86. The van der Waals surface area contributed by atoms with Gasteiger partial charge in [0.2, 0.25) is 0 Å². The van der Waals surface area contributed by atoms with Gasteiger partial charge in [0.25, 0.3) is 0 Å². The van der Waals surface area contributed by atoms with Crippen LogP contribution in [0.2, 0.25) is 0 Å². The van der Waals surface area contributed by atoms with E-state index in [1.807, 2.05) is 13.0 Å². The van der Waals surface area contributed by atoms with Gasteiger partial charge in [-0.05, 0) is 55.4 Å². The van der Waals surface area contributed by atoms with Crippen LogP contribution in [-0.4, -0.2) is 43.7 Å². The van der Waals surface area contributed by atoms with Crippen molar-refractivity contribution in [3.05, 3.63) is 58.7 Å². The zero-order valence-electron chi connectivity index (χ0n) is 16.0. The zero-order valence-corrected chi connectivity index (χ0v) is 16.0. The lowest BCUT2D eigenvalue weighted by atomic mass is 9.83. The number of hydrogen-bond acceptors (Lipinski definition) is 4. The molecular weight excluding hydrogens is 338 g/mol. The van der Waals surface area contributed by atoms with Gasteiger partial charge in [-0.3, -0.25) is 9.69 Å². The van der Waals surface area contributed by atoms with Gasteiger partial charge in [0.1, 0.15) is 12.4 Å². The van der Waals surface area contributed by atoms with Gasteiger partial charge in [0.15, 0.2) is 0 Å². The number of carbonyl (C=O) groups excluding carboxylic acids is 1. The number of rotatable bonds is 3. The predicted molar refractivity (Wildman–Crippen MR) is 107 cm³/mol. The number of piperidine rings is 1. The third-order valence-electron chi connectivity index (χ3n) is 5.58. The minimum absolute atomic E-state index is 0.121. The Bertz CT molecular complexity index is 809. The predicted octanol–water partition coefficient (Wildman–Crippen LogP) is 4.14. The van der Waals surface area contributed by atoms with Gasteiger partial charge in [-0.25, -0.2) is 0 Å². The first kappa shape index (κ1) is 18.1. The summed E-state index contributed by atoms with van der Waals surface area (Å²) < 4.78 is 11.2. The molecule has 0 amide bonds. The fourth-order valence-electron chi connectivity index (χ4n) is 4.28. The van der Waals surface area contributed by atoms with Gasteiger partial charge in [-0.15, -0.1) is 0 Å². The van der Waals surface area contributed by atoms with Gasteiger partial charge in [-0.1, -0.05) is 35.9 Å². The van der Waals surface area contributed by atoms with E-state index in [0.717, 1.165) is 44.5 Å². The number of ether oxygens (including phenoxy) is 2. The fourth-order valence-corrected chi connectivity index (χ4v) is 4.28. The third kappa shape index (κ3) is 3.86. The van der Waals surface area contributed by atoms with Crippen LogP contribution in [0, 0.1) is 0 Å². The number of esters is 1. The Morgan fingerprint density at radius 2 is 2.00 bits per heavy atom. The number of likely N-dealkylation sites (tertiary alicyclic amines) is 1. The van der Waals surface area contributed by atoms with E-state index in [2.05, 4.69) is 35.3 Å². The molecule has 0 N–H and O–H groups in total. The summed E-state index contributed by atoms with van der Waals surface area (Å²) in [6.07, 6.45) is 8.64. The number of carbonyl (C=O) groups is 1. The molecule has 0 radical (unpaired) electrons. The lowest BCUT2D eigenvalue weighted by Gasteiger charge is -2.30. The summed E-state index contributed by atoms with van der Waals surface area (Å²) in [6, 6.07) is 8.41. The number of benzene rings is 1. The molecule has 142 valence electrons. The van der Waals surface area contributed by atoms with Gasteiger partial charge in [-0.2, -0.15) is 0 Å². The Balaban J connectivity index is 1.64. The molecule has 0 aromatic heterocycles. The summed E-state index contributed by atoms with van der Waals surface area (Å²) in [5, 5.41) is 0. The van der Waals surface area contributed by atoms with Crippen molar-refractivity contribution < 1.29 is 14.3 Å². The molecule has 4 rings (SSSR count). The molecule has 1 aromatic rings. The van der Waals surface area contributed by atoms with E-state index in [4.69, 9.17) is 9.47 Å². The van der Waals surface area contributed by atoms with E-state index < -0.39 is 0 Å². The molecule has 1 aliphatic carbocycles. The number of para-hydroxylation sites is 1. The van der Waals surface area contributed by atoms with E-state index in [9.17, 15) is 4.79 Å². The summed E-state index contributed by atoms with van der Waals surface area (Å²) in [6.45, 7) is 5.15. The topological polar surface area (TPSA) is 38.8 Å². The van der Waals surface area contributed by atoms with Crippen molar-refractivity contribution in [1.29, 1.82) is 0 Å². The van der Waals surface area contributed by atoms with Gasteiger partial charge >= 0.3 is 5.97 Å². The summed E-state index contributed by atoms with van der Waals surface area (Å²) in [7, 11) is 0. The molecule has 0 bridgehead atoms. The average Bonchev–Trinajstić information content (AvgIpc) is 2.86. The van der Waals surface area contributed by atoms with Crippen LogP contribution in [0.5, 0.6) is 5.75 Å². The summed E-state index contributed by atoms with van der Waals surface area (Å²) in [5.41, 5.74) is 6.89. The first-order chi connectivity index (χ1) is 13.3. The maximum Gasteiger partial charge on any atom is 0.320 e. The van der Waals surface area contributed by atoms with Crippen molar-refractivity contribution in [2.75, 3.05) is 32.8 Å². The fraction of sp³-hybridized carbons (Fsp3) is 0.435. The Kier molecular flexibility index (Phi) is 5.44. The third-order valence-corrected chi connectivity index (χ3v) is 5.58. The normalized spacial score (nSPS) is 19.9. The highest BCUT2D eigenvalue weighted by Crippen LogP contribution is 2.43. The van der Waals surface area contributed by atoms with Crippen molar-refractivity contribution >= 4 is 11.5 Å². The molecule has 4 heteroatoms. The smallest absolute Gasteiger partial charge is 0.320 e. The van der Waals surface area contributed by atoms with Crippen LogP contribution in [-0.2, 0) is 9.53 Å². The van der Waals surface area contributed by atoms with Gasteiger partial charge < -0.3 is 9.47 Å². The van der Waals surface area contributed by atoms with Crippen LogP contribution >= 0.6 is 0 Å². The van der Waals surface area contributed by atoms with E-state index in [1.165, 1.54) is 27.9 Å². The van der Waals surface area contributed by atoms with Crippen molar-refractivity contribution in [1.82, 2.24) is 4.90 Å². The molecule has 3 aliphatic rings. The van der Waals surface area contributed by atoms with Crippen molar-refractivity contribution in [3.8, 4) is 5.75 Å². The molecule has 2 heterocycles. The van der Waals surface area contributed by atoms with Crippen LogP contribution in [0.3, 0.4) is 0 Å². The second kappa shape index (κ2) is 8.13. The molecule has 2 aliphatic heterocycles. The molecule has 1 aromatic carbocycles. The molecule has 4 nitrogen and oxygen atoms in total. The van der Waals surface area contributed by atoms with E-state index >= 15 is 0 Å². The summed E-state index contributed by atoms with van der Waals surface area (Å²) in [4.78, 5) is 14.0. The van der Waals surface area contributed by atoms with Crippen LogP contribution in [0.1, 0.15) is 38.2 Å². The molecule has 1 saturated heterocycles. The van der Waals surface area contributed by atoms with Crippen LogP contribution in [0.4, 0.5) is 0 Å². The summed E-state index contributed by atoms with van der Waals surface area (Å²) >= 11 is 0. The van der Waals surface area contributed by atoms with Crippen LogP contribution < -0.4 is 4.74 Å². The Labute approximate surface area is 161 Å². The molecule has 0 saturated carbocycles. The highest BCUT2D eigenvalue weighted by Gasteiger charge is 2.27. The molecule has 0 atom stereocenters. The van der Waals surface area contributed by atoms with Gasteiger partial charge in [0, 0.05) is 18.7 Å². The van der Waals surface area contributed by atoms with Crippen LogP contribution in [0.25, 0.3) is 5.57 Å². The van der Waals surface area contributed by atoms with E-state index in [0.29, 0.717) is 19.8 Å². The SMILES string of the molecule is CCOC(=O)CN1CCC(=C2C3=C(C=CCC3)COc3ccccc32)CC1. The van der Waals surface area contributed by atoms with Crippen molar-refractivity contribution in [2.45, 2.75) is 32.6 Å². The number of allylic oxidation sites excluding steroid dienone is 3. The molecule has 27 heavy (non-hydrogen) atoms. The second-order valence-electron chi connectivity index (χ2n) is 7.29. The standard InChI is InChI=1S/C23H27NO3/c1-2-26-22(25)15-24-13-11-17(12-14-24)23-19-8-4-3-7-18(19)16-27-21-10-6-5-9-20(21)23/h3,5-7,9-10H,2,4,8,11-16H2,1H3. The Hall–Kier alpha value is -2.33. The maximum atomic E-state index is 11.8. The minimum atomic E-state index is -0.121. The second-order valence-corrected chi connectivity index (χ2v) is 7.29.